The smallest absolute Gasteiger partial charge is 0.242 e. The number of hydrogen-bond acceptors (Lipinski definition) is 3. The van der Waals surface area contributed by atoms with Gasteiger partial charge in [-0.2, -0.15) is 0 Å². The number of para-hydroxylation sites is 1. The lowest BCUT2D eigenvalue weighted by Gasteiger charge is -2.05. The number of nitrogens with one attached hydrogen (secondary N) is 1. The monoisotopic (exact) mass is 194 g/mol. The van der Waals surface area contributed by atoms with Gasteiger partial charge in [0.25, 0.3) is 0 Å². The van der Waals surface area contributed by atoms with Gasteiger partial charge in [0.05, 0.1) is 11.7 Å². The van der Waals surface area contributed by atoms with Crippen LogP contribution in [0.2, 0.25) is 0 Å². The highest BCUT2D eigenvalue weighted by atomic mass is 32.2. The fraction of sp³-hybridized carbons (Fsp3) is 0.222. The number of hydrogen-bond donors (Lipinski definition) is 2. The van der Waals surface area contributed by atoms with Crippen LogP contribution in [-0.2, 0) is 4.79 Å². The van der Waals surface area contributed by atoms with Gasteiger partial charge in [-0.05, 0) is 12.1 Å². The van der Waals surface area contributed by atoms with Crippen LogP contribution in [0.15, 0.2) is 29.2 Å². The highest BCUT2D eigenvalue weighted by Crippen LogP contribution is 2.29. The molecule has 1 aliphatic rings. The maximum Gasteiger partial charge on any atom is 0.242 e. The summed E-state index contributed by atoms with van der Waals surface area (Å²) in [6.45, 7) is 0. The van der Waals surface area contributed by atoms with Crippen LogP contribution in [0.25, 0.3) is 0 Å². The molecule has 0 saturated carbocycles. The highest BCUT2D eigenvalue weighted by Gasteiger charge is 2.19. The lowest BCUT2D eigenvalue weighted by atomic mass is 10.3. The minimum absolute atomic E-state index is 0.0996. The molecule has 3 nitrogen and oxygen atoms in total. The van der Waals surface area contributed by atoms with Crippen LogP contribution >= 0.6 is 11.8 Å². The highest BCUT2D eigenvalue weighted by molar-refractivity contribution is 7.99. The summed E-state index contributed by atoms with van der Waals surface area (Å²) in [7, 11) is 0. The molecule has 0 spiro atoms. The summed E-state index contributed by atoms with van der Waals surface area (Å²) in [6, 6.07) is 7.32. The van der Waals surface area contributed by atoms with Crippen molar-refractivity contribution in [1.29, 1.82) is 0 Å². The predicted molar refractivity (Wildman–Crippen MR) is 53.8 cm³/mol. The molecule has 1 atom stereocenters. The zero-order valence-corrected chi connectivity index (χ0v) is 7.80. The molecular weight excluding hydrogens is 184 g/mol. The molecule has 0 radical (unpaired) electrons. The largest absolute Gasteiger partial charge is 0.324 e. The molecule has 1 aromatic rings. The van der Waals surface area contributed by atoms with Gasteiger partial charge < -0.3 is 11.1 Å². The van der Waals surface area contributed by atoms with Gasteiger partial charge in [-0.3, -0.25) is 4.79 Å². The van der Waals surface area contributed by atoms with Crippen LogP contribution in [-0.4, -0.2) is 17.7 Å². The summed E-state index contributed by atoms with van der Waals surface area (Å²) < 4.78 is 0. The SMILES string of the molecule is N[C@@H]1CSc2ccccc2NC1=O. The third-order valence-corrected chi connectivity index (χ3v) is 3.09. The van der Waals surface area contributed by atoms with Crippen LogP contribution in [0, 0.1) is 0 Å². The van der Waals surface area contributed by atoms with Gasteiger partial charge in [-0.15, -0.1) is 11.8 Å². The molecule has 1 amide bonds. The van der Waals surface area contributed by atoms with E-state index in [1.54, 1.807) is 11.8 Å². The van der Waals surface area contributed by atoms with Crippen LogP contribution in [0.3, 0.4) is 0 Å². The summed E-state index contributed by atoms with van der Waals surface area (Å²) in [4.78, 5) is 12.4. The fourth-order valence-corrected chi connectivity index (χ4v) is 2.14. The van der Waals surface area contributed by atoms with E-state index < -0.39 is 6.04 Å². The van der Waals surface area contributed by atoms with E-state index >= 15 is 0 Å². The lowest BCUT2D eigenvalue weighted by molar-refractivity contribution is -0.116. The molecule has 3 N–H and O–H groups in total. The van der Waals surface area contributed by atoms with Gasteiger partial charge in [0, 0.05) is 10.6 Å². The molecule has 4 heteroatoms. The van der Waals surface area contributed by atoms with E-state index in [-0.39, 0.29) is 5.91 Å². The van der Waals surface area contributed by atoms with E-state index in [4.69, 9.17) is 5.73 Å². The Bertz CT molecular complexity index is 340. The quantitative estimate of drug-likeness (QED) is 0.649. The molecule has 2 rings (SSSR count). The Morgan fingerprint density at radius 3 is 3.08 bits per heavy atom. The minimum Gasteiger partial charge on any atom is -0.324 e. The number of benzene rings is 1. The standard InChI is InChI=1S/C9H10N2OS/c10-6-5-13-8-4-2-1-3-7(8)11-9(6)12/h1-4,6H,5,10H2,(H,11,12)/t6-/m1/s1. The van der Waals surface area contributed by atoms with E-state index in [0.29, 0.717) is 5.75 Å². The first-order valence-corrected chi connectivity index (χ1v) is 5.04. The Morgan fingerprint density at radius 1 is 1.46 bits per heavy atom. The maximum absolute atomic E-state index is 11.3. The third-order valence-electron chi connectivity index (χ3n) is 1.90. The molecule has 13 heavy (non-hydrogen) atoms. The third kappa shape index (κ3) is 1.68. The normalized spacial score (nSPS) is 21.6. The minimum atomic E-state index is -0.405. The number of carbonyl (C=O) groups excluding carboxylic acids is 1. The summed E-state index contributed by atoms with van der Waals surface area (Å²) in [6.07, 6.45) is 0. The zero-order valence-electron chi connectivity index (χ0n) is 6.99. The molecule has 1 aromatic carbocycles. The van der Waals surface area contributed by atoms with Crippen molar-refractivity contribution >= 4 is 23.4 Å². The summed E-state index contributed by atoms with van der Waals surface area (Å²) in [5.74, 6) is 0.542. The van der Waals surface area contributed by atoms with Crippen LogP contribution < -0.4 is 11.1 Å². The molecular formula is C9H10N2OS. The van der Waals surface area contributed by atoms with E-state index in [1.807, 2.05) is 24.3 Å². The van der Waals surface area contributed by atoms with E-state index in [9.17, 15) is 4.79 Å². The molecule has 1 heterocycles. The second-order valence-corrected chi connectivity index (χ2v) is 3.96. The van der Waals surface area contributed by atoms with Crippen molar-refractivity contribution < 1.29 is 4.79 Å². The van der Waals surface area contributed by atoms with Gasteiger partial charge in [0.15, 0.2) is 0 Å². The van der Waals surface area contributed by atoms with Gasteiger partial charge in [0.2, 0.25) is 5.91 Å². The second kappa shape index (κ2) is 3.40. The topological polar surface area (TPSA) is 55.1 Å². The zero-order chi connectivity index (χ0) is 9.26. The Hall–Kier alpha value is -1.00. The lowest BCUT2D eigenvalue weighted by Crippen LogP contribution is -2.36. The molecule has 0 fully saturated rings. The number of anilines is 1. The number of carbonyl (C=O) groups is 1. The fourth-order valence-electron chi connectivity index (χ4n) is 1.18. The number of thioether (sulfide) groups is 1. The van der Waals surface area contributed by atoms with Gasteiger partial charge in [-0.1, -0.05) is 12.1 Å². The number of rotatable bonds is 0. The first-order valence-electron chi connectivity index (χ1n) is 4.05. The summed E-state index contributed by atoms with van der Waals surface area (Å²) in [5, 5.41) is 2.79. The molecule has 0 aliphatic carbocycles. The second-order valence-electron chi connectivity index (χ2n) is 2.90. The maximum atomic E-state index is 11.3. The molecule has 0 aromatic heterocycles. The van der Waals surface area contributed by atoms with Gasteiger partial charge >= 0.3 is 0 Å². The van der Waals surface area contributed by atoms with Crippen molar-refractivity contribution in [3.8, 4) is 0 Å². The molecule has 68 valence electrons. The van der Waals surface area contributed by atoms with Crippen molar-refractivity contribution in [3.63, 3.8) is 0 Å². The average molecular weight is 194 g/mol. The number of nitrogens with two attached hydrogens (primary N) is 1. The summed E-state index contributed by atoms with van der Waals surface area (Å²) >= 11 is 1.61. The summed E-state index contributed by atoms with van der Waals surface area (Å²) in [5.41, 5.74) is 6.49. The first kappa shape index (κ1) is 8.59. The molecule has 0 saturated heterocycles. The first-order chi connectivity index (χ1) is 6.27. The van der Waals surface area contributed by atoms with E-state index in [0.717, 1.165) is 10.6 Å². The Balaban J connectivity index is 2.35. The van der Waals surface area contributed by atoms with Gasteiger partial charge in [0.1, 0.15) is 0 Å². The van der Waals surface area contributed by atoms with Crippen molar-refractivity contribution in [1.82, 2.24) is 0 Å². The van der Waals surface area contributed by atoms with E-state index in [1.165, 1.54) is 0 Å². The Kier molecular flexibility index (Phi) is 2.24. The van der Waals surface area contributed by atoms with Crippen LogP contribution in [0.5, 0.6) is 0 Å². The number of amides is 1. The van der Waals surface area contributed by atoms with Crippen LogP contribution in [0.1, 0.15) is 0 Å². The Labute approximate surface area is 80.7 Å². The van der Waals surface area contributed by atoms with Crippen molar-refractivity contribution in [3.05, 3.63) is 24.3 Å². The molecule has 1 aliphatic heterocycles. The van der Waals surface area contributed by atoms with E-state index in [2.05, 4.69) is 5.32 Å². The Morgan fingerprint density at radius 2 is 2.23 bits per heavy atom. The van der Waals surface area contributed by atoms with Crippen molar-refractivity contribution in [2.75, 3.05) is 11.1 Å². The van der Waals surface area contributed by atoms with Gasteiger partial charge in [-0.25, -0.2) is 0 Å². The average Bonchev–Trinajstić information content (AvgIpc) is 2.28. The predicted octanol–water partition coefficient (Wildman–Crippen LogP) is 1.06. The van der Waals surface area contributed by atoms with Crippen LogP contribution in [0.4, 0.5) is 5.69 Å². The number of fused-ring (bicyclic) bond motifs is 1. The molecule has 0 bridgehead atoms. The van der Waals surface area contributed by atoms with Crippen molar-refractivity contribution in [2.24, 2.45) is 5.73 Å². The molecule has 0 unspecified atom stereocenters. The van der Waals surface area contributed by atoms with Crippen molar-refractivity contribution in [2.45, 2.75) is 10.9 Å².